The number of benzene rings is 1. The second-order valence-electron chi connectivity index (χ2n) is 4.92. The topological polar surface area (TPSA) is 30.5 Å². The summed E-state index contributed by atoms with van der Waals surface area (Å²) in [5.41, 5.74) is 1.08. The Morgan fingerprint density at radius 1 is 1.53 bits per heavy atom. The van der Waals surface area contributed by atoms with E-state index < -0.39 is 0 Å². The third-order valence-electron chi connectivity index (χ3n) is 3.59. The van der Waals surface area contributed by atoms with Crippen LogP contribution in [0.4, 0.5) is 0 Å². The molecule has 3 nitrogen and oxygen atoms in total. The van der Waals surface area contributed by atoms with Crippen LogP contribution >= 0.6 is 27.5 Å². The number of ether oxygens (including phenoxy) is 2. The van der Waals surface area contributed by atoms with Crippen molar-refractivity contribution in [1.29, 1.82) is 0 Å². The van der Waals surface area contributed by atoms with Gasteiger partial charge in [0.2, 0.25) is 0 Å². The molecular formula is C14H19BrClNO2. The lowest BCUT2D eigenvalue weighted by molar-refractivity contribution is 0.117. The zero-order valence-electron chi connectivity index (χ0n) is 11.4. The van der Waals surface area contributed by atoms with Gasteiger partial charge >= 0.3 is 0 Å². The van der Waals surface area contributed by atoms with Crippen molar-refractivity contribution < 1.29 is 9.47 Å². The molecule has 1 N–H and O–H groups in total. The molecule has 1 saturated heterocycles. The van der Waals surface area contributed by atoms with Gasteiger partial charge in [-0.2, -0.15) is 0 Å². The van der Waals surface area contributed by atoms with E-state index >= 15 is 0 Å². The fraction of sp³-hybridized carbons (Fsp3) is 0.571. The Morgan fingerprint density at radius 2 is 2.26 bits per heavy atom. The van der Waals surface area contributed by atoms with Gasteiger partial charge in [-0.3, -0.25) is 0 Å². The van der Waals surface area contributed by atoms with Crippen molar-refractivity contribution in [3.05, 3.63) is 27.2 Å². The first-order valence-corrected chi connectivity index (χ1v) is 7.55. The third kappa shape index (κ3) is 3.24. The first-order valence-electron chi connectivity index (χ1n) is 6.38. The Labute approximate surface area is 127 Å². The molecular weight excluding hydrogens is 330 g/mol. The van der Waals surface area contributed by atoms with E-state index in [0.29, 0.717) is 17.0 Å². The van der Waals surface area contributed by atoms with Crippen LogP contribution < -0.4 is 10.1 Å². The normalized spacial score (nSPS) is 24.5. The van der Waals surface area contributed by atoms with Gasteiger partial charge in [0.1, 0.15) is 5.75 Å². The van der Waals surface area contributed by atoms with Gasteiger partial charge in [-0.15, -0.1) is 0 Å². The van der Waals surface area contributed by atoms with Crippen LogP contribution in [0, 0.1) is 5.92 Å². The summed E-state index contributed by atoms with van der Waals surface area (Å²) in [4.78, 5) is 0. The molecule has 0 radical (unpaired) electrons. The minimum atomic E-state index is 0.176. The van der Waals surface area contributed by atoms with Gasteiger partial charge in [0, 0.05) is 22.5 Å². The highest BCUT2D eigenvalue weighted by atomic mass is 79.9. The van der Waals surface area contributed by atoms with E-state index in [1.54, 1.807) is 7.11 Å². The van der Waals surface area contributed by atoms with Crippen LogP contribution in [-0.4, -0.2) is 26.9 Å². The van der Waals surface area contributed by atoms with Crippen LogP contribution in [-0.2, 0) is 4.74 Å². The molecule has 1 aliphatic heterocycles. The number of hydrogen-bond donors (Lipinski definition) is 1. The number of nitrogens with one attached hydrogen (secondary N) is 1. The molecule has 3 atom stereocenters. The second-order valence-corrected chi connectivity index (χ2v) is 6.21. The smallest absolute Gasteiger partial charge is 0.137 e. The Kier molecular flexibility index (Phi) is 5.12. The minimum absolute atomic E-state index is 0.176. The van der Waals surface area contributed by atoms with Gasteiger partial charge in [0.05, 0.1) is 24.3 Å². The fourth-order valence-electron chi connectivity index (χ4n) is 2.75. The number of methoxy groups -OCH3 is 1. The monoisotopic (exact) mass is 347 g/mol. The van der Waals surface area contributed by atoms with Crippen molar-refractivity contribution in [1.82, 2.24) is 5.32 Å². The van der Waals surface area contributed by atoms with Gasteiger partial charge in [-0.25, -0.2) is 0 Å². The molecule has 1 heterocycles. The van der Waals surface area contributed by atoms with Crippen LogP contribution in [0.25, 0.3) is 0 Å². The lowest BCUT2D eigenvalue weighted by Crippen LogP contribution is -2.26. The molecule has 0 aromatic heterocycles. The summed E-state index contributed by atoms with van der Waals surface area (Å²) >= 11 is 9.68. The van der Waals surface area contributed by atoms with Crippen molar-refractivity contribution in [2.45, 2.75) is 25.5 Å². The van der Waals surface area contributed by atoms with Crippen molar-refractivity contribution in [2.75, 3.05) is 20.8 Å². The van der Waals surface area contributed by atoms with Crippen LogP contribution in [0.1, 0.15) is 24.9 Å². The van der Waals surface area contributed by atoms with E-state index in [1.807, 2.05) is 19.2 Å². The van der Waals surface area contributed by atoms with Gasteiger partial charge in [-0.1, -0.05) is 11.6 Å². The minimum Gasteiger partial charge on any atom is -0.495 e. The molecule has 5 heteroatoms. The fourth-order valence-corrected chi connectivity index (χ4v) is 3.75. The third-order valence-corrected chi connectivity index (χ3v) is 4.40. The molecule has 0 spiro atoms. The molecule has 1 aromatic rings. The average molecular weight is 349 g/mol. The predicted molar refractivity (Wildman–Crippen MR) is 81.0 cm³/mol. The lowest BCUT2D eigenvalue weighted by atomic mass is 9.90. The number of rotatable bonds is 4. The van der Waals surface area contributed by atoms with Crippen molar-refractivity contribution >= 4 is 27.5 Å². The van der Waals surface area contributed by atoms with Crippen LogP contribution in [0.2, 0.25) is 5.02 Å². The first-order chi connectivity index (χ1) is 9.06. The Balaban J connectivity index is 2.37. The quantitative estimate of drug-likeness (QED) is 0.898. The summed E-state index contributed by atoms with van der Waals surface area (Å²) in [6.45, 7) is 2.87. The standard InChI is InChI=1S/C14H19BrClNO2/c1-8-4-9(7-19-8)13(17-2)11-5-10(16)6-12(15)14(11)18-3/h5-6,8-9,13,17H,4,7H2,1-3H3. The van der Waals surface area contributed by atoms with Gasteiger partial charge in [-0.05, 0) is 48.5 Å². The zero-order chi connectivity index (χ0) is 14.0. The average Bonchev–Trinajstić information content (AvgIpc) is 2.76. The van der Waals surface area contributed by atoms with E-state index in [4.69, 9.17) is 21.1 Å². The van der Waals surface area contributed by atoms with Crippen LogP contribution in [0.5, 0.6) is 5.75 Å². The molecule has 1 aliphatic rings. The van der Waals surface area contributed by atoms with Gasteiger partial charge in [0.25, 0.3) is 0 Å². The van der Waals surface area contributed by atoms with E-state index in [2.05, 4.69) is 28.2 Å². The predicted octanol–water partition coefficient (Wildman–Crippen LogP) is 3.80. The lowest BCUT2D eigenvalue weighted by Gasteiger charge is -2.25. The number of halogens is 2. The van der Waals surface area contributed by atoms with Crippen LogP contribution in [0.15, 0.2) is 16.6 Å². The molecule has 0 aliphatic carbocycles. The van der Waals surface area contributed by atoms with E-state index in [-0.39, 0.29) is 6.04 Å². The number of hydrogen-bond acceptors (Lipinski definition) is 3. The molecule has 0 bridgehead atoms. The highest BCUT2D eigenvalue weighted by molar-refractivity contribution is 9.10. The van der Waals surface area contributed by atoms with E-state index in [1.165, 1.54) is 0 Å². The summed E-state index contributed by atoms with van der Waals surface area (Å²) in [5.74, 6) is 1.27. The first kappa shape index (κ1) is 15.1. The largest absolute Gasteiger partial charge is 0.495 e. The summed E-state index contributed by atoms with van der Waals surface area (Å²) < 4.78 is 12.1. The summed E-state index contributed by atoms with van der Waals surface area (Å²) in [7, 11) is 3.64. The SMILES string of the molecule is CNC(c1cc(Cl)cc(Br)c1OC)C1COC(C)C1. The Hall–Kier alpha value is -0.290. The van der Waals surface area contributed by atoms with Crippen molar-refractivity contribution in [3.8, 4) is 5.75 Å². The van der Waals surface area contributed by atoms with Crippen LogP contribution in [0.3, 0.4) is 0 Å². The molecule has 3 unspecified atom stereocenters. The maximum Gasteiger partial charge on any atom is 0.137 e. The molecule has 2 rings (SSSR count). The highest BCUT2D eigenvalue weighted by Crippen LogP contribution is 2.40. The Morgan fingerprint density at radius 3 is 2.79 bits per heavy atom. The maximum atomic E-state index is 6.17. The summed E-state index contributed by atoms with van der Waals surface area (Å²) in [6, 6.07) is 3.99. The van der Waals surface area contributed by atoms with Gasteiger partial charge < -0.3 is 14.8 Å². The van der Waals surface area contributed by atoms with E-state index in [0.717, 1.165) is 28.8 Å². The van der Waals surface area contributed by atoms with Crippen molar-refractivity contribution in [3.63, 3.8) is 0 Å². The molecule has 0 saturated carbocycles. The molecule has 0 amide bonds. The molecule has 106 valence electrons. The maximum absolute atomic E-state index is 6.17. The molecule has 1 fully saturated rings. The summed E-state index contributed by atoms with van der Waals surface area (Å²) in [5, 5.41) is 4.07. The van der Waals surface area contributed by atoms with E-state index in [9.17, 15) is 0 Å². The molecule has 1 aromatic carbocycles. The zero-order valence-corrected chi connectivity index (χ0v) is 13.7. The second kappa shape index (κ2) is 6.44. The highest BCUT2D eigenvalue weighted by Gasteiger charge is 2.32. The van der Waals surface area contributed by atoms with Gasteiger partial charge in [0.15, 0.2) is 0 Å². The van der Waals surface area contributed by atoms with Crippen molar-refractivity contribution in [2.24, 2.45) is 5.92 Å². The summed E-state index contributed by atoms with van der Waals surface area (Å²) in [6.07, 6.45) is 1.35. The molecule has 19 heavy (non-hydrogen) atoms. The Bertz CT molecular complexity index is 455.